The van der Waals surface area contributed by atoms with Crippen molar-refractivity contribution in [3.05, 3.63) is 35.4 Å². The van der Waals surface area contributed by atoms with Crippen LogP contribution in [0.2, 0.25) is 0 Å². The summed E-state index contributed by atoms with van der Waals surface area (Å²) in [4.78, 5) is 11.7. The Kier molecular flexibility index (Phi) is 4.91. The molecule has 0 saturated carbocycles. The first-order valence-corrected chi connectivity index (χ1v) is 6.28. The van der Waals surface area contributed by atoms with E-state index in [0.29, 0.717) is 0 Å². The first-order valence-electron chi connectivity index (χ1n) is 6.28. The van der Waals surface area contributed by atoms with Gasteiger partial charge in [-0.25, -0.2) is 0 Å². The molecule has 0 bridgehead atoms. The van der Waals surface area contributed by atoms with Crippen LogP contribution in [0.4, 0.5) is 0 Å². The van der Waals surface area contributed by atoms with Gasteiger partial charge < -0.3 is 10.1 Å². The van der Waals surface area contributed by atoms with E-state index in [1.54, 1.807) is 0 Å². The minimum atomic E-state index is -0.288. The van der Waals surface area contributed by atoms with E-state index >= 15 is 0 Å². The number of aryl methyl sites for hydroxylation is 1. The zero-order valence-electron chi connectivity index (χ0n) is 11.9. The van der Waals surface area contributed by atoms with Crippen molar-refractivity contribution < 1.29 is 9.53 Å². The van der Waals surface area contributed by atoms with Crippen LogP contribution in [-0.2, 0) is 9.53 Å². The van der Waals surface area contributed by atoms with Gasteiger partial charge in [0.15, 0.2) is 0 Å². The molecule has 1 atom stereocenters. The zero-order chi connectivity index (χ0) is 13.8. The van der Waals surface area contributed by atoms with E-state index in [-0.39, 0.29) is 24.2 Å². The van der Waals surface area contributed by atoms with Crippen LogP contribution in [0, 0.1) is 6.92 Å². The quantitative estimate of drug-likeness (QED) is 0.891. The molecule has 0 spiro atoms. The van der Waals surface area contributed by atoms with Gasteiger partial charge in [0, 0.05) is 0 Å². The molecular formula is C15H23NO2. The molecule has 3 nitrogen and oxygen atoms in total. The lowest BCUT2D eigenvalue weighted by atomic mass is 10.1. The molecule has 18 heavy (non-hydrogen) atoms. The molecule has 0 aliphatic heterocycles. The van der Waals surface area contributed by atoms with E-state index < -0.39 is 0 Å². The van der Waals surface area contributed by atoms with Gasteiger partial charge in [-0.05, 0) is 40.2 Å². The summed E-state index contributed by atoms with van der Waals surface area (Å²) in [7, 11) is 0. The molecule has 1 rings (SSSR count). The third-order valence-corrected chi connectivity index (χ3v) is 2.56. The molecule has 0 fully saturated rings. The van der Waals surface area contributed by atoms with Crippen LogP contribution in [0.1, 0.15) is 44.9 Å². The highest BCUT2D eigenvalue weighted by atomic mass is 16.5. The molecule has 0 saturated heterocycles. The second-order valence-corrected chi connectivity index (χ2v) is 5.60. The number of benzene rings is 1. The van der Waals surface area contributed by atoms with Crippen molar-refractivity contribution in [1.82, 2.24) is 5.32 Å². The topological polar surface area (TPSA) is 38.3 Å². The predicted molar refractivity (Wildman–Crippen MR) is 73.4 cm³/mol. The van der Waals surface area contributed by atoms with E-state index in [2.05, 4.69) is 11.4 Å². The fraction of sp³-hybridized carbons (Fsp3) is 0.533. The monoisotopic (exact) mass is 249 g/mol. The van der Waals surface area contributed by atoms with E-state index in [1.807, 2.05) is 52.8 Å². The Morgan fingerprint density at radius 3 is 2.61 bits per heavy atom. The summed E-state index contributed by atoms with van der Waals surface area (Å²) in [6.07, 6.45) is 0. The summed E-state index contributed by atoms with van der Waals surface area (Å²) in [6.45, 7) is 9.92. The highest BCUT2D eigenvalue weighted by Crippen LogP contribution is 2.14. The third kappa shape index (κ3) is 5.32. The Labute approximate surface area is 110 Å². The molecule has 0 aliphatic rings. The fourth-order valence-electron chi connectivity index (χ4n) is 1.59. The van der Waals surface area contributed by atoms with E-state index in [4.69, 9.17) is 4.74 Å². The van der Waals surface area contributed by atoms with Gasteiger partial charge in [-0.3, -0.25) is 4.79 Å². The number of rotatable bonds is 4. The Morgan fingerprint density at radius 1 is 1.39 bits per heavy atom. The highest BCUT2D eigenvalue weighted by Gasteiger charge is 2.14. The lowest BCUT2D eigenvalue weighted by molar-refractivity contribution is -0.131. The number of amides is 1. The normalized spacial score (nSPS) is 13.2. The predicted octanol–water partition coefficient (Wildman–Crippen LogP) is 2.99. The van der Waals surface area contributed by atoms with Crippen LogP contribution in [0.5, 0.6) is 0 Å². The zero-order valence-corrected chi connectivity index (χ0v) is 11.9. The van der Waals surface area contributed by atoms with E-state index in [1.165, 1.54) is 5.56 Å². The van der Waals surface area contributed by atoms with Crippen LogP contribution in [0.3, 0.4) is 0 Å². The van der Waals surface area contributed by atoms with Crippen LogP contribution >= 0.6 is 0 Å². The summed E-state index contributed by atoms with van der Waals surface area (Å²) < 4.78 is 5.44. The largest absolute Gasteiger partial charge is 0.366 e. The molecule has 0 unspecified atom stereocenters. The molecule has 1 aromatic carbocycles. The molecule has 0 aliphatic carbocycles. The molecule has 1 N–H and O–H groups in total. The van der Waals surface area contributed by atoms with Crippen LogP contribution in [-0.4, -0.2) is 18.1 Å². The average molecular weight is 249 g/mol. The van der Waals surface area contributed by atoms with Gasteiger partial charge in [-0.2, -0.15) is 0 Å². The Bertz CT molecular complexity index is 407. The maximum Gasteiger partial charge on any atom is 0.246 e. The summed E-state index contributed by atoms with van der Waals surface area (Å²) in [6, 6.07) is 8.14. The van der Waals surface area contributed by atoms with Gasteiger partial charge in [0.05, 0.1) is 11.6 Å². The lowest BCUT2D eigenvalue weighted by Gasteiger charge is -2.20. The highest BCUT2D eigenvalue weighted by molar-refractivity contribution is 5.77. The van der Waals surface area contributed by atoms with E-state index in [9.17, 15) is 4.79 Å². The number of nitrogens with one attached hydrogen (secondary N) is 1. The van der Waals surface area contributed by atoms with Crippen molar-refractivity contribution in [3.8, 4) is 0 Å². The van der Waals surface area contributed by atoms with Gasteiger partial charge in [0.2, 0.25) is 5.91 Å². The van der Waals surface area contributed by atoms with Gasteiger partial charge in [-0.1, -0.05) is 29.8 Å². The second-order valence-electron chi connectivity index (χ2n) is 5.60. The SMILES string of the molecule is Cc1cccc([C@H](C)NC(=O)COC(C)(C)C)c1. The number of hydrogen-bond acceptors (Lipinski definition) is 2. The fourth-order valence-corrected chi connectivity index (χ4v) is 1.59. The smallest absolute Gasteiger partial charge is 0.246 e. The van der Waals surface area contributed by atoms with Crippen molar-refractivity contribution in [1.29, 1.82) is 0 Å². The average Bonchev–Trinajstić information content (AvgIpc) is 2.25. The summed E-state index contributed by atoms with van der Waals surface area (Å²) in [5.74, 6) is -0.0843. The van der Waals surface area contributed by atoms with Crippen molar-refractivity contribution >= 4 is 5.91 Å². The van der Waals surface area contributed by atoms with Crippen LogP contribution in [0.15, 0.2) is 24.3 Å². The Hall–Kier alpha value is -1.35. The standard InChI is InChI=1S/C15H23NO2/c1-11-7-6-8-13(9-11)12(2)16-14(17)10-18-15(3,4)5/h6-9,12H,10H2,1-5H3,(H,16,17)/t12-/m0/s1. The molecule has 3 heteroatoms. The number of hydrogen-bond donors (Lipinski definition) is 1. The molecule has 1 amide bonds. The lowest BCUT2D eigenvalue weighted by Crippen LogP contribution is -2.33. The van der Waals surface area contributed by atoms with Crippen molar-refractivity contribution in [2.45, 2.75) is 46.3 Å². The van der Waals surface area contributed by atoms with Crippen LogP contribution < -0.4 is 5.32 Å². The molecular weight excluding hydrogens is 226 g/mol. The minimum absolute atomic E-state index is 0.000897. The third-order valence-electron chi connectivity index (χ3n) is 2.56. The Balaban J connectivity index is 2.50. The second kappa shape index (κ2) is 6.01. The number of carbonyl (C=O) groups excluding carboxylic acids is 1. The minimum Gasteiger partial charge on any atom is -0.366 e. The van der Waals surface area contributed by atoms with Gasteiger partial charge in [0.1, 0.15) is 6.61 Å². The molecule has 0 heterocycles. The van der Waals surface area contributed by atoms with Crippen LogP contribution in [0.25, 0.3) is 0 Å². The van der Waals surface area contributed by atoms with Gasteiger partial charge >= 0.3 is 0 Å². The maximum absolute atomic E-state index is 11.7. The molecule has 0 radical (unpaired) electrons. The first kappa shape index (κ1) is 14.7. The Morgan fingerprint density at radius 2 is 2.06 bits per heavy atom. The summed E-state index contributed by atoms with van der Waals surface area (Å²) in [5.41, 5.74) is 2.02. The van der Waals surface area contributed by atoms with E-state index in [0.717, 1.165) is 5.56 Å². The molecule has 1 aromatic rings. The maximum atomic E-state index is 11.7. The van der Waals surface area contributed by atoms with Crippen molar-refractivity contribution in [2.24, 2.45) is 0 Å². The van der Waals surface area contributed by atoms with Gasteiger partial charge in [0.25, 0.3) is 0 Å². The number of carbonyl (C=O) groups is 1. The first-order chi connectivity index (χ1) is 8.28. The molecule has 0 aromatic heterocycles. The number of ether oxygens (including phenoxy) is 1. The van der Waals surface area contributed by atoms with Crippen molar-refractivity contribution in [3.63, 3.8) is 0 Å². The summed E-state index contributed by atoms with van der Waals surface area (Å²) >= 11 is 0. The molecule has 100 valence electrons. The summed E-state index contributed by atoms with van der Waals surface area (Å²) in [5, 5.41) is 2.93. The van der Waals surface area contributed by atoms with Gasteiger partial charge in [-0.15, -0.1) is 0 Å². The van der Waals surface area contributed by atoms with Crippen molar-refractivity contribution in [2.75, 3.05) is 6.61 Å².